The predicted molar refractivity (Wildman–Crippen MR) is 88.8 cm³/mol. The van der Waals surface area contributed by atoms with Crippen molar-refractivity contribution in [2.24, 2.45) is 5.92 Å². The smallest absolute Gasteiger partial charge is 0.273 e. The third-order valence-electron chi connectivity index (χ3n) is 4.61. The summed E-state index contributed by atoms with van der Waals surface area (Å²) in [6.45, 7) is 5.30. The van der Waals surface area contributed by atoms with Gasteiger partial charge in [-0.2, -0.15) is 0 Å². The maximum Gasteiger partial charge on any atom is 0.273 e. The lowest BCUT2D eigenvalue weighted by atomic mass is 9.98. The summed E-state index contributed by atoms with van der Waals surface area (Å²) >= 11 is 1.43. The van der Waals surface area contributed by atoms with Crippen LogP contribution in [0.4, 0.5) is 0 Å². The molecule has 7 nitrogen and oxygen atoms in total. The SMILES string of the molecule is CCOC[C@H]1CN(C(=O)c2cscn2)Cc2nnn(CC3CC3)c21. The van der Waals surface area contributed by atoms with Gasteiger partial charge in [-0.1, -0.05) is 5.21 Å². The van der Waals surface area contributed by atoms with Gasteiger partial charge in [0.25, 0.3) is 5.91 Å². The largest absolute Gasteiger partial charge is 0.381 e. The van der Waals surface area contributed by atoms with Gasteiger partial charge >= 0.3 is 0 Å². The lowest BCUT2D eigenvalue weighted by molar-refractivity contribution is 0.0639. The zero-order valence-corrected chi connectivity index (χ0v) is 14.5. The Morgan fingerprint density at radius 2 is 2.33 bits per heavy atom. The number of carbonyl (C=O) groups excluding carboxylic acids is 1. The molecule has 1 saturated carbocycles. The Labute approximate surface area is 144 Å². The third-order valence-corrected chi connectivity index (χ3v) is 5.19. The Bertz CT molecular complexity index is 710. The maximum atomic E-state index is 12.7. The van der Waals surface area contributed by atoms with Crippen LogP contribution in [0.1, 0.15) is 47.6 Å². The fraction of sp³-hybridized carbons (Fsp3) is 0.625. The number of nitrogens with zero attached hydrogens (tertiary/aromatic N) is 5. The standard InChI is InChI=1S/C16H21N5O2S/c1-2-23-8-12-6-20(16(22)14-9-24-10-17-14)7-13-15(12)21(19-18-13)5-11-3-4-11/h9-12H,2-8H2,1H3/t12-/m1/s1. The summed E-state index contributed by atoms with van der Waals surface area (Å²) in [5, 5.41) is 10.5. The van der Waals surface area contributed by atoms with E-state index in [1.807, 2.05) is 16.5 Å². The highest BCUT2D eigenvalue weighted by atomic mass is 32.1. The topological polar surface area (TPSA) is 73.1 Å². The number of fused-ring (bicyclic) bond motifs is 1. The first-order valence-electron chi connectivity index (χ1n) is 8.43. The quantitative estimate of drug-likeness (QED) is 0.798. The van der Waals surface area contributed by atoms with Gasteiger partial charge in [0, 0.05) is 31.0 Å². The van der Waals surface area contributed by atoms with Gasteiger partial charge in [0.1, 0.15) is 11.4 Å². The minimum Gasteiger partial charge on any atom is -0.381 e. The molecule has 2 aromatic rings. The average molecular weight is 347 g/mol. The van der Waals surface area contributed by atoms with Gasteiger partial charge in [0.2, 0.25) is 0 Å². The first-order chi connectivity index (χ1) is 11.8. The van der Waals surface area contributed by atoms with E-state index < -0.39 is 0 Å². The predicted octanol–water partition coefficient (Wildman–Crippen LogP) is 1.92. The van der Waals surface area contributed by atoms with Crippen molar-refractivity contribution in [3.8, 4) is 0 Å². The number of carbonyl (C=O) groups is 1. The van der Waals surface area contributed by atoms with E-state index in [2.05, 4.69) is 15.3 Å². The zero-order valence-electron chi connectivity index (χ0n) is 13.7. The summed E-state index contributed by atoms with van der Waals surface area (Å²) < 4.78 is 7.72. The van der Waals surface area contributed by atoms with Gasteiger partial charge in [-0.05, 0) is 25.7 Å². The van der Waals surface area contributed by atoms with E-state index in [1.165, 1.54) is 24.2 Å². The molecule has 0 aromatic carbocycles. The molecule has 0 saturated heterocycles. The van der Waals surface area contributed by atoms with E-state index in [9.17, 15) is 4.79 Å². The second-order valence-corrected chi connectivity index (χ2v) is 7.18. The van der Waals surface area contributed by atoms with Crippen molar-refractivity contribution in [1.82, 2.24) is 24.9 Å². The Balaban J connectivity index is 1.59. The Morgan fingerprint density at radius 1 is 1.46 bits per heavy atom. The highest BCUT2D eigenvalue weighted by molar-refractivity contribution is 7.07. The van der Waals surface area contributed by atoms with E-state index in [4.69, 9.17) is 4.74 Å². The molecule has 0 radical (unpaired) electrons. The number of thiazole rings is 1. The van der Waals surface area contributed by atoms with Crippen LogP contribution in [0.25, 0.3) is 0 Å². The van der Waals surface area contributed by atoms with Gasteiger partial charge in [0.05, 0.1) is 24.4 Å². The summed E-state index contributed by atoms with van der Waals surface area (Å²) in [6, 6.07) is 0. The van der Waals surface area contributed by atoms with Crippen molar-refractivity contribution in [3.05, 3.63) is 28.0 Å². The molecule has 8 heteroatoms. The normalized spacial score (nSPS) is 20.2. The van der Waals surface area contributed by atoms with Gasteiger partial charge in [0.15, 0.2) is 0 Å². The molecule has 24 heavy (non-hydrogen) atoms. The van der Waals surface area contributed by atoms with Crippen LogP contribution in [0, 0.1) is 5.92 Å². The van der Waals surface area contributed by atoms with Crippen LogP contribution in [0.15, 0.2) is 10.9 Å². The minimum atomic E-state index is -0.0415. The number of rotatable bonds is 6. The van der Waals surface area contributed by atoms with E-state index in [-0.39, 0.29) is 11.8 Å². The number of hydrogen-bond donors (Lipinski definition) is 0. The summed E-state index contributed by atoms with van der Waals surface area (Å²) in [6.07, 6.45) is 2.55. The molecular formula is C16H21N5O2S. The van der Waals surface area contributed by atoms with Crippen LogP contribution in [0.3, 0.4) is 0 Å². The third kappa shape index (κ3) is 3.08. The number of hydrogen-bond acceptors (Lipinski definition) is 6. The van der Waals surface area contributed by atoms with Gasteiger partial charge < -0.3 is 9.64 Å². The van der Waals surface area contributed by atoms with Crippen molar-refractivity contribution in [1.29, 1.82) is 0 Å². The molecule has 0 unspecified atom stereocenters. The van der Waals surface area contributed by atoms with Crippen molar-refractivity contribution in [2.75, 3.05) is 19.8 Å². The molecule has 128 valence electrons. The summed E-state index contributed by atoms with van der Waals surface area (Å²) in [5.74, 6) is 0.809. The highest BCUT2D eigenvalue weighted by Crippen LogP contribution is 2.34. The molecule has 0 N–H and O–H groups in total. The molecule has 3 heterocycles. The molecule has 2 aliphatic rings. The molecule has 2 aromatic heterocycles. The second kappa shape index (κ2) is 6.60. The van der Waals surface area contributed by atoms with Crippen LogP contribution < -0.4 is 0 Å². The number of ether oxygens (including phenoxy) is 1. The summed E-state index contributed by atoms with van der Waals surface area (Å²) in [7, 11) is 0. The first-order valence-corrected chi connectivity index (χ1v) is 9.38. The monoisotopic (exact) mass is 347 g/mol. The van der Waals surface area contributed by atoms with Crippen LogP contribution in [0.2, 0.25) is 0 Å². The Kier molecular flexibility index (Phi) is 4.32. The fourth-order valence-electron chi connectivity index (χ4n) is 3.22. The van der Waals surface area contributed by atoms with Gasteiger partial charge in [-0.25, -0.2) is 9.67 Å². The second-order valence-electron chi connectivity index (χ2n) is 6.46. The zero-order chi connectivity index (χ0) is 16.5. The Morgan fingerprint density at radius 3 is 3.04 bits per heavy atom. The molecule has 0 bridgehead atoms. The molecule has 1 amide bonds. The van der Waals surface area contributed by atoms with Gasteiger partial charge in [-0.15, -0.1) is 16.4 Å². The lowest BCUT2D eigenvalue weighted by Crippen LogP contribution is -2.40. The van der Waals surface area contributed by atoms with Crippen molar-refractivity contribution < 1.29 is 9.53 Å². The van der Waals surface area contributed by atoms with Crippen molar-refractivity contribution in [3.63, 3.8) is 0 Å². The van der Waals surface area contributed by atoms with E-state index >= 15 is 0 Å². The summed E-state index contributed by atoms with van der Waals surface area (Å²) in [4.78, 5) is 18.6. The maximum absolute atomic E-state index is 12.7. The average Bonchev–Trinajstić information content (AvgIpc) is 3.09. The minimum absolute atomic E-state index is 0.0415. The molecule has 1 aliphatic carbocycles. The lowest BCUT2D eigenvalue weighted by Gasteiger charge is -2.32. The highest BCUT2D eigenvalue weighted by Gasteiger charge is 2.35. The van der Waals surface area contributed by atoms with Crippen LogP contribution in [-0.2, 0) is 17.8 Å². The van der Waals surface area contributed by atoms with Crippen LogP contribution >= 0.6 is 11.3 Å². The summed E-state index contributed by atoms with van der Waals surface area (Å²) in [5.41, 5.74) is 4.24. The fourth-order valence-corrected chi connectivity index (χ4v) is 3.75. The first kappa shape index (κ1) is 15.7. The molecular weight excluding hydrogens is 326 g/mol. The van der Waals surface area contributed by atoms with E-state index in [0.717, 1.165) is 23.9 Å². The Hall–Kier alpha value is -1.80. The molecule has 4 rings (SSSR count). The molecule has 0 spiro atoms. The molecule has 1 atom stereocenters. The van der Waals surface area contributed by atoms with Gasteiger partial charge in [-0.3, -0.25) is 4.79 Å². The molecule has 1 fully saturated rings. The number of amides is 1. The van der Waals surface area contributed by atoms with Crippen LogP contribution in [-0.4, -0.2) is 50.5 Å². The van der Waals surface area contributed by atoms with Crippen molar-refractivity contribution >= 4 is 17.2 Å². The molecule has 1 aliphatic heterocycles. The number of aromatic nitrogens is 4. The van der Waals surface area contributed by atoms with Crippen molar-refractivity contribution in [2.45, 2.75) is 38.8 Å². The van der Waals surface area contributed by atoms with E-state index in [1.54, 1.807) is 10.9 Å². The van der Waals surface area contributed by atoms with Crippen LogP contribution in [0.5, 0.6) is 0 Å². The van der Waals surface area contributed by atoms with E-state index in [0.29, 0.717) is 32.0 Å².